The second kappa shape index (κ2) is 10.5. The van der Waals surface area contributed by atoms with Crippen molar-refractivity contribution in [1.82, 2.24) is 5.32 Å². The molecule has 1 amide bonds. The Kier molecular flexibility index (Phi) is 8.07. The van der Waals surface area contributed by atoms with Crippen molar-refractivity contribution in [2.75, 3.05) is 20.3 Å². The summed E-state index contributed by atoms with van der Waals surface area (Å²) in [4.78, 5) is 23.5. The predicted molar refractivity (Wildman–Crippen MR) is 112 cm³/mol. The molecule has 1 atom stereocenters. The minimum Gasteiger partial charge on any atom is -0.493 e. The Morgan fingerprint density at radius 1 is 0.966 bits per heavy atom. The molecule has 0 aliphatic heterocycles. The predicted octanol–water partition coefficient (Wildman–Crippen LogP) is 4.19. The lowest BCUT2D eigenvalue weighted by molar-refractivity contribution is -0.123. The number of carbonyl (C=O) groups excluding carboxylic acids is 2. The number of benzene rings is 2. The van der Waals surface area contributed by atoms with Crippen LogP contribution in [-0.2, 0) is 4.79 Å². The Bertz CT molecular complexity index is 830. The summed E-state index contributed by atoms with van der Waals surface area (Å²) >= 11 is 0. The van der Waals surface area contributed by atoms with Gasteiger partial charge in [0.05, 0.1) is 19.8 Å². The van der Waals surface area contributed by atoms with Crippen molar-refractivity contribution in [3.8, 4) is 17.2 Å². The molecular formula is C23H29NO5. The summed E-state index contributed by atoms with van der Waals surface area (Å²) < 4.78 is 16.7. The molecule has 156 valence electrons. The van der Waals surface area contributed by atoms with Crippen molar-refractivity contribution in [3.05, 3.63) is 53.6 Å². The van der Waals surface area contributed by atoms with Crippen molar-refractivity contribution in [2.45, 2.75) is 33.7 Å². The van der Waals surface area contributed by atoms with E-state index < -0.39 is 0 Å². The Morgan fingerprint density at radius 3 is 2.24 bits per heavy atom. The topological polar surface area (TPSA) is 73.9 Å². The molecule has 1 unspecified atom stereocenters. The fourth-order valence-electron chi connectivity index (χ4n) is 2.63. The fourth-order valence-corrected chi connectivity index (χ4v) is 2.63. The van der Waals surface area contributed by atoms with Crippen molar-refractivity contribution >= 4 is 11.7 Å². The summed E-state index contributed by atoms with van der Waals surface area (Å²) in [5.41, 5.74) is 1.50. The van der Waals surface area contributed by atoms with Gasteiger partial charge in [0, 0.05) is 5.56 Å². The SMILES string of the molecule is COc1cc(C(C)NC(=O)COc2ccc(C(C)=O)cc2)ccc1OCC(C)C. The van der Waals surface area contributed by atoms with E-state index in [0.717, 1.165) is 5.56 Å². The average Bonchev–Trinajstić information content (AvgIpc) is 2.70. The van der Waals surface area contributed by atoms with E-state index in [4.69, 9.17) is 14.2 Å². The third-order valence-corrected chi connectivity index (χ3v) is 4.27. The van der Waals surface area contributed by atoms with Gasteiger partial charge in [0.1, 0.15) is 5.75 Å². The van der Waals surface area contributed by atoms with Crippen molar-refractivity contribution < 1.29 is 23.8 Å². The summed E-state index contributed by atoms with van der Waals surface area (Å²) in [6, 6.07) is 12.1. The maximum absolute atomic E-state index is 12.2. The van der Waals surface area contributed by atoms with Gasteiger partial charge in [-0.3, -0.25) is 9.59 Å². The lowest BCUT2D eigenvalue weighted by Crippen LogP contribution is -2.31. The van der Waals surface area contributed by atoms with Gasteiger partial charge in [0.15, 0.2) is 23.9 Å². The van der Waals surface area contributed by atoms with E-state index in [1.807, 2.05) is 25.1 Å². The second-order valence-electron chi connectivity index (χ2n) is 7.27. The molecule has 0 spiro atoms. The smallest absolute Gasteiger partial charge is 0.258 e. The van der Waals surface area contributed by atoms with Crippen LogP contribution in [0.2, 0.25) is 0 Å². The Labute approximate surface area is 172 Å². The average molecular weight is 399 g/mol. The molecule has 0 aliphatic rings. The van der Waals surface area contributed by atoms with Crippen LogP contribution in [0.4, 0.5) is 0 Å². The first-order valence-electron chi connectivity index (χ1n) is 9.64. The van der Waals surface area contributed by atoms with Crippen LogP contribution < -0.4 is 19.5 Å². The molecule has 0 heterocycles. The second-order valence-corrected chi connectivity index (χ2v) is 7.27. The van der Waals surface area contributed by atoms with Gasteiger partial charge >= 0.3 is 0 Å². The number of rotatable bonds is 10. The van der Waals surface area contributed by atoms with E-state index in [-0.39, 0.29) is 24.3 Å². The number of Topliss-reactive ketones (excluding diaryl/α,β-unsaturated/α-hetero) is 1. The van der Waals surface area contributed by atoms with Crippen LogP contribution in [0.25, 0.3) is 0 Å². The van der Waals surface area contributed by atoms with Gasteiger partial charge in [0.25, 0.3) is 5.91 Å². The van der Waals surface area contributed by atoms with Gasteiger partial charge < -0.3 is 19.5 Å². The number of ketones is 1. The maximum Gasteiger partial charge on any atom is 0.258 e. The first-order valence-corrected chi connectivity index (χ1v) is 9.64. The van der Waals surface area contributed by atoms with Crippen LogP contribution in [0.5, 0.6) is 17.2 Å². The number of ether oxygens (including phenoxy) is 3. The van der Waals surface area contributed by atoms with E-state index in [2.05, 4.69) is 19.2 Å². The quantitative estimate of drug-likeness (QED) is 0.607. The minimum atomic E-state index is -0.243. The molecule has 0 bridgehead atoms. The van der Waals surface area contributed by atoms with Gasteiger partial charge in [-0.1, -0.05) is 19.9 Å². The molecular weight excluding hydrogens is 370 g/mol. The highest BCUT2D eigenvalue weighted by atomic mass is 16.5. The minimum absolute atomic E-state index is 0.0147. The van der Waals surface area contributed by atoms with Crippen LogP contribution in [0, 0.1) is 5.92 Å². The van der Waals surface area contributed by atoms with Crippen molar-refractivity contribution in [2.24, 2.45) is 5.92 Å². The zero-order valence-corrected chi connectivity index (χ0v) is 17.7. The highest BCUT2D eigenvalue weighted by molar-refractivity contribution is 5.94. The summed E-state index contributed by atoms with van der Waals surface area (Å²) in [5, 5.41) is 2.90. The third-order valence-electron chi connectivity index (χ3n) is 4.27. The molecule has 1 N–H and O–H groups in total. The van der Waals surface area contributed by atoms with Gasteiger partial charge in [-0.15, -0.1) is 0 Å². The van der Waals surface area contributed by atoms with Gasteiger partial charge in [-0.25, -0.2) is 0 Å². The summed E-state index contributed by atoms with van der Waals surface area (Å²) in [6.45, 7) is 8.05. The molecule has 0 saturated heterocycles. The van der Waals surface area contributed by atoms with E-state index >= 15 is 0 Å². The Hall–Kier alpha value is -3.02. The van der Waals surface area contributed by atoms with Crippen LogP contribution in [0.15, 0.2) is 42.5 Å². The summed E-state index contributed by atoms with van der Waals surface area (Å²) in [5.74, 6) is 2.00. The maximum atomic E-state index is 12.2. The molecule has 0 aliphatic carbocycles. The van der Waals surface area contributed by atoms with Gasteiger partial charge in [-0.05, 0) is 61.7 Å². The number of amides is 1. The molecule has 2 aromatic carbocycles. The van der Waals surface area contributed by atoms with Crippen molar-refractivity contribution in [1.29, 1.82) is 0 Å². The molecule has 0 fully saturated rings. The van der Waals surface area contributed by atoms with Crippen LogP contribution in [-0.4, -0.2) is 32.0 Å². The highest BCUT2D eigenvalue weighted by Crippen LogP contribution is 2.30. The fraction of sp³-hybridized carbons (Fsp3) is 0.391. The number of methoxy groups -OCH3 is 1. The standard InChI is InChI=1S/C23H29NO5/c1-15(2)13-29-21-11-8-19(12-22(21)27-5)16(3)24-23(26)14-28-20-9-6-18(7-10-20)17(4)25/h6-12,15-16H,13-14H2,1-5H3,(H,24,26). The lowest BCUT2D eigenvalue weighted by atomic mass is 10.1. The van der Waals surface area contributed by atoms with Gasteiger partial charge in [0.2, 0.25) is 0 Å². The molecule has 29 heavy (non-hydrogen) atoms. The van der Waals surface area contributed by atoms with Crippen LogP contribution in [0.3, 0.4) is 0 Å². The van der Waals surface area contributed by atoms with E-state index in [1.165, 1.54) is 6.92 Å². The molecule has 2 aromatic rings. The van der Waals surface area contributed by atoms with E-state index in [1.54, 1.807) is 31.4 Å². The molecule has 2 rings (SSSR count). The summed E-state index contributed by atoms with van der Waals surface area (Å²) in [7, 11) is 1.59. The lowest BCUT2D eigenvalue weighted by Gasteiger charge is -2.18. The molecule has 6 nitrogen and oxygen atoms in total. The Morgan fingerprint density at radius 2 is 1.66 bits per heavy atom. The molecule has 0 saturated carbocycles. The first-order chi connectivity index (χ1) is 13.8. The number of hydrogen-bond donors (Lipinski definition) is 1. The molecule has 0 radical (unpaired) electrons. The highest BCUT2D eigenvalue weighted by Gasteiger charge is 2.14. The molecule has 0 aromatic heterocycles. The third kappa shape index (κ3) is 6.82. The zero-order valence-electron chi connectivity index (χ0n) is 17.7. The molecule has 6 heteroatoms. The Balaban J connectivity index is 1.92. The normalized spacial score (nSPS) is 11.7. The van der Waals surface area contributed by atoms with Crippen LogP contribution in [0.1, 0.15) is 49.7 Å². The zero-order chi connectivity index (χ0) is 21.4. The first kappa shape index (κ1) is 22.3. The van der Waals surface area contributed by atoms with Crippen molar-refractivity contribution in [3.63, 3.8) is 0 Å². The largest absolute Gasteiger partial charge is 0.493 e. The van der Waals surface area contributed by atoms with E-state index in [9.17, 15) is 9.59 Å². The number of carbonyl (C=O) groups is 2. The van der Waals surface area contributed by atoms with Gasteiger partial charge in [-0.2, -0.15) is 0 Å². The monoisotopic (exact) mass is 399 g/mol. The summed E-state index contributed by atoms with van der Waals surface area (Å²) in [6.07, 6.45) is 0. The number of nitrogens with one attached hydrogen (secondary N) is 1. The van der Waals surface area contributed by atoms with E-state index in [0.29, 0.717) is 35.3 Å². The van der Waals surface area contributed by atoms with Crippen LogP contribution >= 0.6 is 0 Å². The number of hydrogen-bond acceptors (Lipinski definition) is 5.